The van der Waals surface area contributed by atoms with Crippen molar-refractivity contribution in [2.45, 2.75) is 20.0 Å². The zero-order valence-electron chi connectivity index (χ0n) is 18.8. The van der Waals surface area contributed by atoms with Crippen LogP contribution in [0, 0.1) is 6.92 Å². The number of rotatable bonds is 5. The molecular weight excluding hydrogens is 420 g/mol. The molecule has 0 bridgehead atoms. The monoisotopic (exact) mass is 444 g/mol. The smallest absolute Gasteiger partial charge is 0.231 e. The predicted octanol–water partition coefficient (Wildman–Crippen LogP) is 4.38. The lowest BCUT2D eigenvalue weighted by Gasteiger charge is -2.30. The van der Waals surface area contributed by atoms with Gasteiger partial charge in [-0.3, -0.25) is 14.7 Å². The molecule has 33 heavy (non-hydrogen) atoms. The van der Waals surface area contributed by atoms with E-state index in [0.717, 1.165) is 34.5 Å². The minimum Gasteiger partial charge on any atom is -0.493 e. The number of carbonyl (C=O) groups excluding carboxylic acids is 1. The maximum atomic E-state index is 13.2. The number of carbonyl (C=O) groups is 1. The highest BCUT2D eigenvalue weighted by atomic mass is 16.5. The van der Waals surface area contributed by atoms with Crippen LogP contribution in [0.1, 0.15) is 32.6 Å². The molecule has 0 spiro atoms. The van der Waals surface area contributed by atoms with Gasteiger partial charge in [0.15, 0.2) is 17.3 Å². The van der Waals surface area contributed by atoms with Gasteiger partial charge in [-0.2, -0.15) is 0 Å². The van der Waals surface area contributed by atoms with Gasteiger partial charge in [0.25, 0.3) is 0 Å². The Hall–Kier alpha value is -3.84. The van der Waals surface area contributed by atoms with Crippen molar-refractivity contribution in [2.75, 3.05) is 21.0 Å². The molecular formula is C26H24N2O5. The number of benzene rings is 2. The van der Waals surface area contributed by atoms with Gasteiger partial charge in [0.1, 0.15) is 18.2 Å². The van der Waals surface area contributed by atoms with Crippen molar-refractivity contribution in [3.8, 4) is 23.0 Å². The molecule has 7 nitrogen and oxygen atoms in total. The van der Waals surface area contributed by atoms with Crippen molar-refractivity contribution in [3.05, 3.63) is 82.4 Å². The molecule has 3 aromatic rings. The fraction of sp³-hybridized carbons (Fsp3) is 0.231. The fourth-order valence-corrected chi connectivity index (χ4v) is 4.24. The first-order chi connectivity index (χ1) is 16.1. The molecule has 0 amide bonds. The van der Waals surface area contributed by atoms with Crippen LogP contribution >= 0.6 is 0 Å². The van der Waals surface area contributed by atoms with Gasteiger partial charge in [-0.25, -0.2) is 0 Å². The van der Waals surface area contributed by atoms with Crippen LogP contribution in [-0.4, -0.2) is 36.6 Å². The third-order valence-electron chi connectivity index (χ3n) is 5.84. The first-order valence-corrected chi connectivity index (χ1v) is 10.6. The summed E-state index contributed by atoms with van der Waals surface area (Å²) in [4.78, 5) is 19.5. The van der Waals surface area contributed by atoms with Crippen molar-refractivity contribution in [2.24, 2.45) is 0 Å². The molecule has 0 atom stereocenters. The summed E-state index contributed by atoms with van der Waals surface area (Å²) in [5.74, 6) is 2.69. The van der Waals surface area contributed by atoms with E-state index in [1.165, 1.54) is 0 Å². The number of methoxy groups -OCH3 is 2. The zero-order chi connectivity index (χ0) is 22.9. The zero-order valence-corrected chi connectivity index (χ0v) is 18.8. The normalized spacial score (nSPS) is 16.1. The summed E-state index contributed by atoms with van der Waals surface area (Å²) in [5, 5.41) is 0. The number of fused-ring (bicyclic) bond motifs is 2. The van der Waals surface area contributed by atoms with Crippen LogP contribution in [0.25, 0.3) is 6.08 Å². The number of ketones is 1. The van der Waals surface area contributed by atoms with E-state index < -0.39 is 0 Å². The summed E-state index contributed by atoms with van der Waals surface area (Å²) in [6.45, 7) is 3.80. The molecule has 0 fully saturated rings. The fourth-order valence-electron chi connectivity index (χ4n) is 4.24. The predicted molar refractivity (Wildman–Crippen MR) is 123 cm³/mol. The average molecular weight is 444 g/mol. The van der Waals surface area contributed by atoms with Gasteiger partial charge in [0.05, 0.1) is 19.8 Å². The quantitative estimate of drug-likeness (QED) is 0.541. The number of hydrogen-bond donors (Lipinski definition) is 0. The van der Waals surface area contributed by atoms with Crippen molar-refractivity contribution in [1.29, 1.82) is 0 Å². The van der Waals surface area contributed by atoms with Gasteiger partial charge in [-0.15, -0.1) is 0 Å². The minimum absolute atomic E-state index is 0.143. The van der Waals surface area contributed by atoms with Crippen LogP contribution < -0.4 is 18.9 Å². The van der Waals surface area contributed by atoms with Gasteiger partial charge in [0, 0.05) is 36.6 Å². The standard InChI is InChI=1S/C26H24N2O5/c1-16-25-19(14-28(15-32-25)13-18-5-4-8-27-12-18)11-20-24(29)23(33-26(16)20)10-17-6-7-21(30-2)22(9-17)31-3/h4-12H,13-15H2,1-3H3. The third kappa shape index (κ3) is 3.91. The lowest BCUT2D eigenvalue weighted by atomic mass is 10.00. The SMILES string of the molecule is COc1ccc(C=C2Oc3c(cc4c(c3C)OCN(Cc3cccnc3)C4)C2=O)cc1OC. The van der Waals surface area contributed by atoms with Gasteiger partial charge in [0.2, 0.25) is 5.78 Å². The second-order valence-corrected chi connectivity index (χ2v) is 8.04. The maximum absolute atomic E-state index is 13.2. The molecule has 7 heteroatoms. The van der Waals surface area contributed by atoms with Gasteiger partial charge in [-0.05, 0) is 48.4 Å². The number of nitrogens with zero attached hydrogens (tertiary/aromatic N) is 2. The Morgan fingerprint density at radius 1 is 1.12 bits per heavy atom. The molecule has 2 aromatic carbocycles. The van der Waals surface area contributed by atoms with E-state index in [1.54, 1.807) is 32.6 Å². The maximum Gasteiger partial charge on any atom is 0.231 e. The van der Waals surface area contributed by atoms with Crippen molar-refractivity contribution in [1.82, 2.24) is 9.88 Å². The molecule has 0 aliphatic carbocycles. The molecule has 0 unspecified atom stereocenters. The first kappa shape index (κ1) is 21.0. The van der Waals surface area contributed by atoms with E-state index in [0.29, 0.717) is 36.1 Å². The number of aromatic nitrogens is 1. The summed E-state index contributed by atoms with van der Waals surface area (Å²) >= 11 is 0. The number of ether oxygens (including phenoxy) is 4. The molecule has 0 radical (unpaired) electrons. The van der Waals surface area contributed by atoms with E-state index >= 15 is 0 Å². The summed E-state index contributed by atoms with van der Waals surface area (Å²) in [5.41, 5.74) is 4.27. The highest BCUT2D eigenvalue weighted by Crippen LogP contribution is 2.43. The molecule has 3 heterocycles. The Morgan fingerprint density at radius 2 is 1.97 bits per heavy atom. The van der Waals surface area contributed by atoms with Gasteiger partial charge in [-0.1, -0.05) is 12.1 Å². The van der Waals surface area contributed by atoms with Crippen LogP contribution in [-0.2, 0) is 13.1 Å². The minimum atomic E-state index is -0.143. The van der Waals surface area contributed by atoms with Crippen molar-refractivity contribution in [3.63, 3.8) is 0 Å². The molecule has 2 aliphatic heterocycles. The average Bonchev–Trinajstić information content (AvgIpc) is 3.15. The van der Waals surface area contributed by atoms with Gasteiger partial charge >= 0.3 is 0 Å². The van der Waals surface area contributed by atoms with E-state index in [4.69, 9.17) is 18.9 Å². The summed E-state index contributed by atoms with van der Waals surface area (Å²) in [6, 6.07) is 11.3. The molecule has 0 N–H and O–H groups in total. The van der Waals surface area contributed by atoms with Crippen molar-refractivity contribution < 1.29 is 23.7 Å². The van der Waals surface area contributed by atoms with Gasteiger partial charge < -0.3 is 18.9 Å². The largest absolute Gasteiger partial charge is 0.493 e. The Balaban J connectivity index is 1.42. The molecule has 1 aromatic heterocycles. The number of pyridine rings is 1. The Bertz CT molecular complexity index is 1250. The van der Waals surface area contributed by atoms with E-state index in [1.807, 2.05) is 43.5 Å². The molecule has 0 saturated heterocycles. The summed E-state index contributed by atoms with van der Waals surface area (Å²) < 4.78 is 22.7. The van der Waals surface area contributed by atoms with Crippen LogP contribution in [0.5, 0.6) is 23.0 Å². The number of hydrogen-bond acceptors (Lipinski definition) is 7. The highest BCUT2D eigenvalue weighted by molar-refractivity contribution is 6.15. The Labute approximate surface area is 192 Å². The number of allylic oxidation sites excluding steroid dienone is 1. The Kier molecular flexibility index (Phi) is 5.48. The second kappa shape index (κ2) is 8.60. The number of Topliss-reactive ketones (excluding diaryl/α,β-unsaturated/α-hetero) is 1. The third-order valence-corrected chi connectivity index (χ3v) is 5.84. The van der Waals surface area contributed by atoms with Crippen molar-refractivity contribution >= 4 is 11.9 Å². The Morgan fingerprint density at radius 3 is 2.73 bits per heavy atom. The topological polar surface area (TPSA) is 70.1 Å². The molecule has 5 rings (SSSR count). The van der Waals surface area contributed by atoms with E-state index in [-0.39, 0.29) is 11.5 Å². The van der Waals surface area contributed by atoms with Crippen LogP contribution in [0.15, 0.2) is 54.6 Å². The van der Waals surface area contributed by atoms with Crippen LogP contribution in [0.2, 0.25) is 0 Å². The lowest BCUT2D eigenvalue weighted by molar-refractivity contribution is 0.0876. The first-order valence-electron chi connectivity index (χ1n) is 10.6. The van der Waals surface area contributed by atoms with E-state index in [9.17, 15) is 4.79 Å². The second-order valence-electron chi connectivity index (χ2n) is 8.04. The van der Waals surface area contributed by atoms with Crippen LogP contribution in [0.4, 0.5) is 0 Å². The summed E-state index contributed by atoms with van der Waals surface area (Å²) in [6.07, 6.45) is 5.33. The summed E-state index contributed by atoms with van der Waals surface area (Å²) in [7, 11) is 3.16. The van der Waals surface area contributed by atoms with Crippen LogP contribution in [0.3, 0.4) is 0 Å². The highest BCUT2D eigenvalue weighted by Gasteiger charge is 2.33. The molecule has 0 saturated carbocycles. The lowest BCUT2D eigenvalue weighted by Crippen LogP contribution is -2.32. The van der Waals surface area contributed by atoms with E-state index in [2.05, 4.69) is 9.88 Å². The molecule has 2 aliphatic rings. The molecule has 168 valence electrons.